The summed E-state index contributed by atoms with van der Waals surface area (Å²) in [7, 11) is 0. The fourth-order valence-corrected chi connectivity index (χ4v) is 1.20. The van der Waals surface area contributed by atoms with E-state index in [4.69, 9.17) is 11.5 Å². The topological polar surface area (TPSA) is 86.9 Å². The number of imidazole rings is 1. The number of hydrogen-bond donors (Lipinski definition) is 2. The molecular weight excluding hydrogens is 156 g/mol. The second-order valence-electron chi connectivity index (χ2n) is 2.98. The maximum Gasteiger partial charge on any atom is 0.271 e. The smallest absolute Gasteiger partial charge is 0.271 e. The average Bonchev–Trinajstić information content (AvgIpc) is 2.75. The maximum atomic E-state index is 10.7. The zero-order chi connectivity index (χ0) is 8.72. The molecule has 1 aromatic heterocycles. The predicted molar refractivity (Wildman–Crippen MR) is 43.4 cm³/mol. The molecule has 1 fully saturated rings. The Labute approximate surface area is 69.4 Å². The monoisotopic (exact) mass is 166 g/mol. The Kier molecular flexibility index (Phi) is 1.33. The number of carbonyl (C=O) groups is 1. The van der Waals surface area contributed by atoms with Gasteiger partial charge in [-0.15, -0.1) is 0 Å². The van der Waals surface area contributed by atoms with E-state index in [9.17, 15) is 4.79 Å². The Morgan fingerprint density at radius 2 is 2.33 bits per heavy atom. The summed E-state index contributed by atoms with van der Waals surface area (Å²) in [5, 5.41) is 0. The van der Waals surface area contributed by atoms with Gasteiger partial charge in [0.05, 0.1) is 6.33 Å². The minimum absolute atomic E-state index is 0.182. The zero-order valence-corrected chi connectivity index (χ0v) is 6.53. The molecule has 0 saturated heterocycles. The van der Waals surface area contributed by atoms with Crippen LogP contribution in [0.4, 0.5) is 5.82 Å². The third-order valence-electron chi connectivity index (χ3n) is 2.01. The molecule has 5 heteroatoms. The van der Waals surface area contributed by atoms with E-state index in [-0.39, 0.29) is 5.69 Å². The van der Waals surface area contributed by atoms with Gasteiger partial charge >= 0.3 is 0 Å². The van der Waals surface area contributed by atoms with Crippen LogP contribution >= 0.6 is 0 Å². The number of nitrogens with two attached hydrogens (primary N) is 2. The summed E-state index contributed by atoms with van der Waals surface area (Å²) < 4.78 is 1.81. The number of aromatic nitrogens is 2. The van der Waals surface area contributed by atoms with Gasteiger partial charge in [0.25, 0.3) is 5.91 Å². The number of anilines is 1. The molecule has 2 rings (SSSR count). The van der Waals surface area contributed by atoms with Gasteiger partial charge < -0.3 is 16.0 Å². The molecule has 5 nitrogen and oxygen atoms in total. The molecule has 0 aliphatic heterocycles. The number of nitrogen functional groups attached to an aromatic ring is 1. The molecule has 1 saturated carbocycles. The largest absolute Gasteiger partial charge is 0.383 e. The van der Waals surface area contributed by atoms with E-state index in [1.807, 2.05) is 0 Å². The molecule has 4 N–H and O–H groups in total. The fourth-order valence-electron chi connectivity index (χ4n) is 1.20. The van der Waals surface area contributed by atoms with Crippen LogP contribution in [-0.4, -0.2) is 15.5 Å². The van der Waals surface area contributed by atoms with Crippen LogP contribution in [0.2, 0.25) is 0 Å². The van der Waals surface area contributed by atoms with E-state index in [1.54, 1.807) is 10.9 Å². The van der Waals surface area contributed by atoms with Gasteiger partial charge in [-0.2, -0.15) is 0 Å². The Balaban J connectivity index is 2.39. The highest BCUT2D eigenvalue weighted by molar-refractivity contribution is 5.95. The van der Waals surface area contributed by atoms with Crippen molar-refractivity contribution in [3.63, 3.8) is 0 Å². The van der Waals surface area contributed by atoms with Crippen LogP contribution in [-0.2, 0) is 0 Å². The molecule has 1 aromatic rings. The van der Waals surface area contributed by atoms with Crippen molar-refractivity contribution in [2.24, 2.45) is 5.73 Å². The molecule has 0 spiro atoms. The summed E-state index contributed by atoms with van der Waals surface area (Å²) in [5.41, 5.74) is 10.9. The highest BCUT2D eigenvalue weighted by Gasteiger charge is 2.27. The molecule has 0 atom stereocenters. The Bertz CT molecular complexity index is 326. The Morgan fingerprint density at radius 1 is 1.67 bits per heavy atom. The van der Waals surface area contributed by atoms with Crippen LogP contribution in [0.25, 0.3) is 0 Å². The van der Waals surface area contributed by atoms with E-state index in [0.717, 1.165) is 12.8 Å². The molecular formula is C7H10N4O. The number of amides is 1. The summed E-state index contributed by atoms with van der Waals surface area (Å²) in [6, 6.07) is 0.436. The van der Waals surface area contributed by atoms with Gasteiger partial charge in [-0.05, 0) is 12.8 Å². The second-order valence-corrected chi connectivity index (χ2v) is 2.98. The molecule has 0 bridgehead atoms. The van der Waals surface area contributed by atoms with Crippen LogP contribution in [0.3, 0.4) is 0 Å². The van der Waals surface area contributed by atoms with Crippen molar-refractivity contribution >= 4 is 11.7 Å². The van der Waals surface area contributed by atoms with Crippen molar-refractivity contribution in [3.8, 4) is 0 Å². The lowest BCUT2D eigenvalue weighted by molar-refractivity contribution is 0.0997. The van der Waals surface area contributed by atoms with Gasteiger partial charge in [0, 0.05) is 6.04 Å². The van der Waals surface area contributed by atoms with E-state index in [1.165, 1.54) is 0 Å². The van der Waals surface area contributed by atoms with Crippen molar-refractivity contribution in [2.45, 2.75) is 18.9 Å². The molecule has 12 heavy (non-hydrogen) atoms. The molecule has 0 unspecified atom stereocenters. The van der Waals surface area contributed by atoms with Gasteiger partial charge in [-0.3, -0.25) is 4.79 Å². The number of primary amides is 1. The van der Waals surface area contributed by atoms with Crippen LogP contribution in [0, 0.1) is 0 Å². The highest BCUT2D eigenvalue weighted by atomic mass is 16.1. The Hall–Kier alpha value is -1.52. The van der Waals surface area contributed by atoms with Crippen LogP contribution < -0.4 is 11.5 Å². The van der Waals surface area contributed by atoms with Crippen molar-refractivity contribution in [1.29, 1.82) is 0 Å². The van der Waals surface area contributed by atoms with Crippen molar-refractivity contribution < 1.29 is 4.79 Å². The first-order valence-electron chi connectivity index (χ1n) is 3.82. The summed E-state index contributed by atoms with van der Waals surface area (Å²) in [6.45, 7) is 0. The number of nitrogens with zero attached hydrogens (tertiary/aromatic N) is 2. The predicted octanol–water partition coefficient (Wildman–Crippen LogP) is -0.101. The third kappa shape index (κ3) is 0.939. The molecule has 64 valence electrons. The quantitative estimate of drug-likeness (QED) is 0.643. The van der Waals surface area contributed by atoms with E-state index in [0.29, 0.717) is 11.9 Å². The molecule has 1 aliphatic rings. The molecule has 0 radical (unpaired) electrons. The summed E-state index contributed by atoms with van der Waals surface area (Å²) in [4.78, 5) is 14.6. The molecule has 1 aliphatic carbocycles. The first-order valence-corrected chi connectivity index (χ1v) is 3.82. The molecule has 0 aromatic carbocycles. The SMILES string of the molecule is NC(=O)c1ncn(C2CC2)c1N. The number of hydrogen-bond acceptors (Lipinski definition) is 3. The van der Waals surface area contributed by atoms with Crippen LogP contribution in [0.5, 0.6) is 0 Å². The highest BCUT2D eigenvalue weighted by Crippen LogP contribution is 2.36. The number of rotatable bonds is 2. The first kappa shape index (κ1) is 7.15. The van der Waals surface area contributed by atoms with Crippen molar-refractivity contribution in [3.05, 3.63) is 12.0 Å². The lowest BCUT2D eigenvalue weighted by Gasteiger charge is -2.00. The Morgan fingerprint density at radius 3 is 2.75 bits per heavy atom. The summed E-state index contributed by atoms with van der Waals surface area (Å²) >= 11 is 0. The van der Waals surface area contributed by atoms with Gasteiger partial charge in [0.15, 0.2) is 5.69 Å². The first-order chi connectivity index (χ1) is 5.70. The van der Waals surface area contributed by atoms with E-state index >= 15 is 0 Å². The van der Waals surface area contributed by atoms with Gasteiger partial charge in [-0.25, -0.2) is 4.98 Å². The zero-order valence-electron chi connectivity index (χ0n) is 6.53. The normalized spacial score (nSPS) is 16.3. The standard InChI is InChI=1S/C7H10N4O/c8-6-5(7(9)12)10-3-11(6)4-1-2-4/h3-4H,1-2,8H2,(H2,9,12). The van der Waals surface area contributed by atoms with Crippen LogP contribution in [0.1, 0.15) is 29.4 Å². The third-order valence-corrected chi connectivity index (χ3v) is 2.01. The summed E-state index contributed by atoms with van der Waals surface area (Å²) in [6.07, 6.45) is 3.80. The molecule has 1 heterocycles. The van der Waals surface area contributed by atoms with Crippen molar-refractivity contribution in [1.82, 2.24) is 9.55 Å². The lowest BCUT2D eigenvalue weighted by Crippen LogP contribution is -2.14. The van der Waals surface area contributed by atoms with Gasteiger partial charge in [0.2, 0.25) is 0 Å². The van der Waals surface area contributed by atoms with Crippen molar-refractivity contribution in [2.75, 3.05) is 5.73 Å². The minimum atomic E-state index is -0.563. The fraction of sp³-hybridized carbons (Fsp3) is 0.429. The lowest BCUT2D eigenvalue weighted by atomic mass is 10.4. The van der Waals surface area contributed by atoms with E-state index < -0.39 is 5.91 Å². The van der Waals surface area contributed by atoms with E-state index in [2.05, 4.69) is 4.98 Å². The van der Waals surface area contributed by atoms with Crippen LogP contribution in [0.15, 0.2) is 6.33 Å². The van der Waals surface area contributed by atoms with Gasteiger partial charge in [-0.1, -0.05) is 0 Å². The second kappa shape index (κ2) is 2.23. The maximum absolute atomic E-state index is 10.7. The summed E-state index contributed by atoms with van der Waals surface area (Å²) in [5.74, 6) is -0.170. The molecule has 1 amide bonds. The average molecular weight is 166 g/mol. The number of carbonyl (C=O) groups excluding carboxylic acids is 1. The minimum Gasteiger partial charge on any atom is -0.383 e. The van der Waals surface area contributed by atoms with Gasteiger partial charge in [0.1, 0.15) is 5.82 Å².